The molecule has 16 heavy (non-hydrogen) atoms. The van der Waals surface area contributed by atoms with Gasteiger partial charge in [0, 0.05) is 29.9 Å². The van der Waals surface area contributed by atoms with Crippen LogP contribution in [0.4, 0.5) is 0 Å². The average molecular weight is 236 g/mol. The molecule has 1 aromatic carbocycles. The van der Waals surface area contributed by atoms with Crippen LogP contribution < -0.4 is 5.73 Å². The van der Waals surface area contributed by atoms with Crippen molar-refractivity contribution in [3.63, 3.8) is 0 Å². The first-order chi connectivity index (χ1) is 7.66. The van der Waals surface area contributed by atoms with Crippen LogP contribution in [0.25, 0.3) is 0 Å². The zero-order valence-electron chi connectivity index (χ0n) is 9.07. The van der Waals surface area contributed by atoms with E-state index in [9.17, 15) is 0 Å². The van der Waals surface area contributed by atoms with Crippen molar-refractivity contribution in [2.45, 2.75) is 19.4 Å². The highest BCUT2D eigenvalue weighted by Gasteiger charge is 2.11. The molecule has 0 amide bonds. The van der Waals surface area contributed by atoms with Crippen molar-refractivity contribution in [3.8, 4) is 0 Å². The maximum absolute atomic E-state index is 6.15. The van der Waals surface area contributed by atoms with E-state index < -0.39 is 0 Å². The first-order valence-electron chi connectivity index (χ1n) is 5.16. The number of nitrogens with zero attached hydrogens (tertiary/aromatic N) is 1. The van der Waals surface area contributed by atoms with Gasteiger partial charge < -0.3 is 10.7 Å². The van der Waals surface area contributed by atoms with E-state index in [4.69, 9.17) is 17.3 Å². The van der Waals surface area contributed by atoms with Gasteiger partial charge in [-0.2, -0.15) is 0 Å². The van der Waals surface area contributed by atoms with Gasteiger partial charge >= 0.3 is 0 Å². The van der Waals surface area contributed by atoms with Crippen molar-refractivity contribution in [2.24, 2.45) is 5.73 Å². The summed E-state index contributed by atoms with van der Waals surface area (Å²) in [6.07, 6.45) is 4.17. The molecule has 2 rings (SSSR count). The number of aromatic nitrogens is 2. The summed E-state index contributed by atoms with van der Waals surface area (Å²) in [6, 6.07) is 5.80. The fourth-order valence-corrected chi connectivity index (χ4v) is 2.04. The zero-order valence-corrected chi connectivity index (χ0v) is 9.83. The van der Waals surface area contributed by atoms with Crippen molar-refractivity contribution in [1.82, 2.24) is 9.97 Å². The quantitative estimate of drug-likeness (QED) is 0.859. The van der Waals surface area contributed by atoms with E-state index in [0.29, 0.717) is 6.42 Å². The molecule has 1 atom stereocenters. The predicted molar refractivity (Wildman–Crippen MR) is 65.4 cm³/mol. The fraction of sp³-hybridized carbons (Fsp3) is 0.250. The summed E-state index contributed by atoms with van der Waals surface area (Å²) in [6.45, 7) is 2.01. The molecular weight excluding hydrogens is 222 g/mol. The summed E-state index contributed by atoms with van der Waals surface area (Å²) >= 11 is 6.15. The Labute approximate surface area is 99.7 Å². The van der Waals surface area contributed by atoms with Gasteiger partial charge in [0.2, 0.25) is 0 Å². The standard InChI is InChI=1S/C12H14ClN3/c1-8-2-3-9(10(13)6-8)11(14)7-12-15-4-5-16-12/h2-6,11H,7,14H2,1H3,(H,15,16). The van der Waals surface area contributed by atoms with Gasteiger partial charge in [-0.05, 0) is 24.1 Å². The molecule has 1 aromatic heterocycles. The highest BCUT2D eigenvalue weighted by atomic mass is 35.5. The molecule has 0 bridgehead atoms. The number of nitrogens with two attached hydrogens (primary N) is 1. The minimum Gasteiger partial charge on any atom is -0.349 e. The van der Waals surface area contributed by atoms with Crippen molar-refractivity contribution >= 4 is 11.6 Å². The number of rotatable bonds is 3. The molecule has 4 heteroatoms. The molecule has 84 valence electrons. The summed E-state index contributed by atoms with van der Waals surface area (Å²) in [7, 11) is 0. The number of hydrogen-bond donors (Lipinski definition) is 2. The Morgan fingerprint density at radius 3 is 2.94 bits per heavy atom. The third kappa shape index (κ3) is 2.43. The Kier molecular flexibility index (Phi) is 3.27. The SMILES string of the molecule is Cc1ccc(C(N)Cc2ncc[nH]2)c(Cl)c1. The number of hydrogen-bond acceptors (Lipinski definition) is 2. The molecule has 0 aliphatic heterocycles. The van der Waals surface area contributed by atoms with E-state index in [1.165, 1.54) is 0 Å². The minimum absolute atomic E-state index is 0.126. The third-order valence-electron chi connectivity index (χ3n) is 2.52. The lowest BCUT2D eigenvalue weighted by molar-refractivity contribution is 0.694. The molecule has 1 unspecified atom stereocenters. The van der Waals surface area contributed by atoms with Gasteiger partial charge in [0.25, 0.3) is 0 Å². The highest BCUT2D eigenvalue weighted by molar-refractivity contribution is 6.31. The molecule has 0 fully saturated rings. The summed E-state index contributed by atoms with van der Waals surface area (Å²) in [4.78, 5) is 7.18. The van der Waals surface area contributed by atoms with Gasteiger partial charge in [0.05, 0.1) is 0 Å². The second-order valence-electron chi connectivity index (χ2n) is 3.87. The van der Waals surface area contributed by atoms with Crippen LogP contribution in [0.5, 0.6) is 0 Å². The molecule has 3 N–H and O–H groups in total. The monoisotopic (exact) mass is 235 g/mol. The number of halogens is 1. The molecule has 3 nitrogen and oxygen atoms in total. The smallest absolute Gasteiger partial charge is 0.107 e. The van der Waals surface area contributed by atoms with E-state index in [2.05, 4.69) is 9.97 Å². The molecular formula is C12H14ClN3. The van der Waals surface area contributed by atoms with Crippen LogP contribution in [-0.2, 0) is 6.42 Å². The van der Waals surface area contributed by atoms with Gasteiger partial charge in [-0.15, -0.1) is 0 Å². The topological polar surface area (TPSA) is 54.7 Å². The van der Waals surface area contributed by atoms with E-state index in [1.807, 2.05) is 25.1 Å². The third-order valence-corrected chi connectivity index (χ3v) is 2.85. The second kappa shape index (κ2) is 4.68. The van der Waals surface area contributed by atoms with Crippen LogP contribution in [-0.4, -0.2) is 9.97 Å². The minimum atomic E-state index is -0.126. The maximum Gasteiger partial charge on any atom is 0.107 e. The van der Waals surface area contributed by atoms with Crippen LogP contribution in [0.2, 0.25) is 5.02 Å². The van der Waals surface area contributed by atoms with E-state index in [1.54, 1.807) is 12.4 Å². The van der Waals surface area contributed by atoms with Crippen molar-refractivity contribution in [1.29, 1.82) is 0 Å². The van der Waals surface area contributed by atoms with Crippen LogP contribution in [0.15, 0.2) is 30.6 Å². The fourth-order valence-electron chi connectivity index (χ4n) is 1.66. The summed E-state index contributed by atoms with van der Waals surface area (Å²) in [5.41, 5.74) is 8.19. The number of benzene rings is 1. The number of H-pyrrole nitrogens is 1. The van der Waals surface area contributed by atoms with Crippen LogP contribution in [0.1, 0.15) is 23.0 Å². The average Bonchev–Trinajstić information content (AvgIpc) is 2.70. The molecule has 0 aliphatic rings. The normalized spacial score (nSPS) is 12.7. The van der Waals surface area contributed by atoms with Gasteiger partial charge in [-0.1, -0.05) is 23.7 Å². The molecule has 1 heterocycles. The summed E-state index contributed by atoms with van der Waals surface area (Å²) in [5.74, 6) is 0.879. The lowest BCUT2D eigenvalue weighted by atomic mass is 10.0. The summed E-state index contributed by atoms with van der Waals surface area (Å²) in [5, 5.41) is 0.721. The first-order valence-corrected chi connectivity index (χ1v) is 5.54. The van der Waals surface area contributed by atoms with Crippen molar-refractivity contribution in [2.75, 3.05) is 0 Å². The Balaban J connectivity index is 2.17. The van der Waals surface area contributed by atoms with Gasteiger partial charge in [0.1, 0.15) is 5.82 Å². The van der Waals surface area contributed by atoms with Gasteiger partial charge in [-0.25, -0.2) is 4.98 Å². The van der Waals surface area contributed by atoms with E-state index in [0.717, 1.165) is 22.0 Å². The van der Waals surface area contributed by atoms with E-state index in [-0.39, 0.29) is 6.04 Å². The second-order valence-corrected chi connectivity index (χ2v) is 4.28. The zero-order chi connectivity index (χ0) is 11.5. The molecule has 2 aromatic rings. The lowest BCUT2D eigenvalue weighted by Crippen LogP contribution is -2.14. The summed E-state index contributed by atoms with van der Waals surface area (Å²) < 4.78 is 0. The molecule has 0 saturated carbocycles. The van der Waals surface area contributed by atoms with Crippen molar-refractivity contribution < 1.29 is 0 Å². The molecule has 0 aliphatic carbocycles. The van der Waals surface area contributed by atoms with Crippen LogP contribution >= 0.6 is 11.6 Å². The lowest BCUT2D eigenvalue weighted by Gasteiger charge is -2.12. The largest absolute Gasteiger partial charge is 0.349 e. The highest BCUT2D eigenvalue weighted by Crippen LogP contribution is 2.24. The Morgan fingerprint density at radius 1 is 1.50 bits per heavy atom. The molecule has 0 spiro atoms. The maximum atomic E-state index is 6.15. The number of aryl methyl sites for hydroxylation is 1. The number of aromatic amines is 1. The predicted octanol–water partition coefficient (Wildman–Crippen LogP) is 2.61. The van der Waals surface area contributed by atoms with Crippen molar-refractivity contribution in [3.05, 3.63) is 52.6 Å². The Bertz CT molecular complexity index is 465. The molecule has 0 radical (unpaired) electrons. The van der Waals surface area contributed by atoms with Crippen LogP contribution in [0, 0.1) is 6.92 Å². The number of imidazole rings is 1. The van der Waals surface area contributed by atoms with E-state index >= 15 is 0 Å². The Morgan fingerprint density at radius 2 is 2.31 bits per heavy atom. The number of nitrogens with one attached hydrogen (secondary N) is 1. The van der Waals surface area contributed by atoms with Crippen LogP contribution in [0.3, 0.4) is 0 Å². The molecule has 0 saturated heterocycles. The van der Waals surface area contributed by atoms with Gasteiger partial charge in [-0.3, -0.25) is 0 Å². The first kappa shape index (κ1) is 11.2. The Hall–Kier alpha value is -1.32. The van der Waals surface area contributed by atoms with Gasteiger partial charge in [0.15, 0.2) is 0 Å².